The molecule has 0 aliphatic carbocycles. The lowest BCUT2D eigenvalue weighted by molar-refractivity contribution is 0.0854. The molecule has 0 saturated carbocycles. The molecule has 0 fully saturated rings. The SMILES string of the molecule is CCC(CC)N(CCO)CC(=O)c1ccc(Cl)s1. The Balaban J connectivity index is 2.68. The Kier molecular flexibility index (Phi) is 6.86. The first kappa shape index (κ1) is 15.6. The zero-order chi connectivity index (χ0) is 13.5. The average molecular weight is 290 g/mol. The van der Waals surface area contributed by atoms with Gasteiger partial charge in [-0.3, -0.25) is 9.69 Å². The monoisotopic (exact) mass is 289 g/mol. The van der Waals surface area contributed by atoms with E-state index in [9.17, 15) is 4.79 Å². The number of rotatable bonds is 8. The zero-order valence-electron chi connectivity index (χ0n) is 10.9. The number of halogens is 1. The van der Waals surface area contributed by atoms with Crippen LogP contribution >= 0.6 is 22.9 Å². The largest absolute Gasteiger partial charge is 0.395 e. The lowest BCUT2D eigenvalue weighted by Crippen LogP contribution is -2.40. The lowest BCUT2D eigenvalue weighted by atomic mass is 10.1. The number of carbonyl (C=O) groups excluding carboxylic acids is 1. The van der Waals surface area contributed by atoms with Gasteiger partial charge in [0, 0.05) is 12.6 Å². The predicted molar refractivity (Wildman–Crippen MR) is 76.7 cm³/mol. The maximum absolute atomic E-state index is 12.1. The van der Waals surface area contributed by atoms with E-state index < -0.39 is 0 Å². The highest BCUT2D eigenvalue weighted by Crippen LogP contribution is 2.22. The van der Waals surface area contributed by atoms with Crippen LogP contribution in [0.15, 0.2) is 12.1 Å². The summed E-state index contributed by atoms with van der Waals surface area (Å²) < 4.78 is 0.634. The van der Waals surface area contributed by atoms with Crippen LogP contribution in [0.25, 0.3) is 0 Å². The molecule has 1 heterocycles. The van der Waals surface area contributed by atoms with E-state index in [4.69, 9.17) is 16.7 Å². The Morgan fingerprint density at radius 1 is 1.44 bits per heavy atom. The van der Waals surface area contributed by atoms with E-state index in [1.165, 1.54) is 11.3 Å². The maximum Gasteiger partial charge on any atom is 0.186 e. The van der Waals surface area contributed by atoms with E-state index in [-0.39, 0.29) is 12.4 Å². The van der Waals surface area contributed by atoms with Gasteiger partial charge in [-0.25, -0.2) is 0 Å². The van der Waals surface area contributed by atoms with E-state index in [1.807, 2.05) is 0 Å². The number of carbonyl (C=O) groups is 1. The van der Waals surface area contributed by atoms with Gasteiger partial charge in [-0.1, -0.05) is 25.4 Å². The van der Waals surface area contributed by atoms with Crippen molar-refractivity contribution in [1.29, 1.82) is 0 Å². The molecular weight excluding hydrogens is 270 g/mol. The number of thiophene rings is 1. The molecule has 0 bridgehead atoms. The second kappa shape index (κ2) is 7.89. The molecule has 1 N–H and O–H groups in total. The second-order valence-electron chi connectivity index (χ2n) is 4.19. The molecule has 18 heavy (non-hydrogen) atoms. The van der Waals surface area contributed by atoms with E-state index in [2.05, 4.69) is 18.7 Å². The lowest BCUT2D eigenvalue weighted by Gasteiger charge is -2.28. The number of aliphatic hydroxyl groups excluding tert-OH is 1. The first-order chi connectivity index (χ1) is 8.62. The zero-order valence-corrected chi connectivity index (χ0v) is 12.4. The van der Waals surface area contributed by atoms with Crippen LogP contribution in [0.2, 0.25) is 4.34 Å². The van der Waals surface area contributed by atoms with Gasteiger partial charge in [-0.05, 0) is 25.0 Å². The van der Waals surface area contributed by atoms with Gasteiger partial charge < -0.3 is 5.11 Å². The van der Waals surface area contributed by atoms with Crippen LogP contribution in [0, 0.1) is 0 Å². The van der Waals surface area contributed by atoms with Crippen molar-refractivity contribution in [2.24, 2.45) is 0 Å². The third-order valence-corrected chi connectivity index (χ3v) is 4.31. The normalized spacial score (nSPS) is 11.4. The van der Waals surface area contributed by atoms with Crippen LogP contribution in [-0.4, -0.2) is 41.5 Å². The minimum absolute atomic E-state index is 0.0762. The molecule has 0 radical (unpaired) electrons. The molecule has 1 aromatic heterocycles. The van der Waals surface area contributed by atoms with E-state index in [0.29, 0.717) is 28.3 Å². The summed E-state index contributed by atoms with van der Waals surface area (Å²) in [4.78, 5) is 14.8. The fourth-order valence-corrected chi connectivity index (χ4v) is 3.02. The van der Waals surface area contributed by atoms with Crippen LogP contribution in [0.3, 0.4) is 0 Å². The van der Waals surface area contributed by atoms with Gasteiger partial charge in [0.2, 0.25) is 0 Å². The maximum atomic E-state index is 12.1. The summed E-state index contributed by atoms with van der Waals surface area (Å²) in [7, 11) is 0. The van der Waals surface area contributed by atoms with Crippen molar-refractivity contribution in [2.45, 2.75) is 32.7 Å². The molecule has 0 aliphatic heterocycles. The Bertz CT molecular complexity index is 377. The summed E-state index contributed by atoms with van der Waals surface area (Å²) in [5, 5.41) is 9.09. The minimum Gasteiger partial charge on any atom is -0.395 e. The molecular formula is C13H20ClNO2S. The Morgan fingerprint density at radius 2 is 2.11 bits per heavy atom. The number of aliphatic hydroxyl groups is 1. The molecule has 102 valence electrons. The molecule has 0 spiro atoms. The van der Waals surface area contributed by atoms with Gasteiger partial charge in [0.25, 0.3) is 0 Å². The molecule has 1 aromatic rings. The molecule has 1 rings (SSSR count). The van der Waals surface area contributed by atoms with Crippen molar-refractivity contribution >= 4 is 28.7 Å². The van der Waals surface area contributed by atoms with Crippen molar-refractivity contribution in [3.63, 3.8) is 0 Å². The standard InChI is InChI=1S/C13H20ClNO2S/c1-3-10(4-2)15(7-8-16)9-11(17)12-5-6-13(14)18-12/h5-6,10,16H,3-4,7-9H2,1-2H3. The molecule has 5 heteroatoms. The van der Waals surface area contributed by atoms with Gasteiger partial charge in [0.15, 0.2) is 5.78 Å². The third kappa shape index (κ3) is 4.35. The third-order valence-electron chi connectivity index (χ3n) is 3.04. The van der Waals surface area contributed by atoms with Crippen molar-refractivity contribution in [1.82, 2.24) is 4.90 Å². The highest BCUT2D eigenvalue weighted by Gasteiger charge is 2.19. The summed E-state index contributed by atoms with van der Waals surface area (Å²) in [5.41, 5.74) is 0. The summed E-state index contributed by atoms with van der Waals surface area (Å²) in [6.07, 6.45) is 1.96. The highest BCUT2D eigenvalue weighted by molar-refractivity contribution is 7.18. The number of hydrogen-bond donors (Lipinski definition) is 1. The Labute approximate surface area is 117 Å². The molecule has 0 amide bonds. The Hall–Kier alpha value is -0.420. The number of hydrogen-bond acceptors (Lipinski definition) is 4. The van der Waals surface area contributed by atoms with Crippen LogP contribution in [-0.2, 0) is 0 Å². The van der Waals surface area contributed by atoms with Crippen LogP contribution in [0.5, 0.6) is 0 Å². The number of Topliss-reactive ketones (excluding diaryl/α,β-unsaturated/α-hetero) is 1. The van der Waals surface area contributed by atoms with Crippen LogP contribution < -0.4 is 0 Å². The van der Waals surface area contributed by atoms with E-state index >= 15 is 0 Å². The summed E-state index contributed by atoms with van der Waals surface area (Å²) in [6.45, 7) is 5.17. The van der Waals surface area contributed by atoms with Crippen molar-refractivity contribution < 1.29 is 9.90 Å². The van der Waals surface area contributed by atoms with E-state index in [0.717, 1.165) is 12.8 Å². The highest BCUT2D eigenvalue weighted by atomic mass is 35.5. The first-order valence-electron chi connectivity index (χ1n) is 6.25. The van der Waals surface area contributed by atoms with E-state index in [1.54, 1.807) is 12.1 Å². The molecule has 0 aromatic carbocycles. The number of nitrogens with zero attached hydrogens (tertiary/aromatic N) is 1. The van der Waals surface area contributed by atoms with Crippen LogP contribution in [0.1, 0.15) is 36.4 Å². The minimum atomic E-state index is 0.0762. The summed E-state index contributed by atoms with van der Waals surface area (Å²) in [5.74, 6) is 0.0762. The van der Waals surface area contributed by atoms with Gasteiger partial charge in [0.05, 0.1) is 22.4 Å². The van der Waals surface area contributed by atoms with Crippen molar-refractivity contribution in [2.75, 3.05) is 19.7 Å². The second-order valence-corrected chi connectivity index (χ2v) is 5.91. The van der Waals surface area contributed by atoms with Crippen molar-refractivity contribution in [3.8, 4) is 0 Å². The number of ketones is 1. The first-order valence-corrected chi connectivity index (χ1v) is 7.45. The topological polar surface area (TPSA) is 40.5 Å². The molecule has 0 saturated heterocycles. The van der Waals surface area contributed by atoms with Crippen molar-refractivity contribution in [3.05, 3.63) is 21.3 Å². The molecule has 0 atom stereocenters. The molecule has 0 aliphatic rings. The quantitative estimate of drug-likeness (QED) is 0.748. The fraction of sp³-hybridized carbons (Fsp3) is 0.615. The Morgan fingerprint density at radius 3 is 2.56 bits per heavy atom. The van der Waals surface area contributed by atoms with Gasteiger partial charge in [0.1, 0.15) is 0 Å². The van der Waals surface area contributed by atoms with Gasteiger partial charge in [-0.2, -0.15) is 0 Å². The molecule has 3 nitrogen and oxygen atoms in total. The van der Waals surface area contributed by atoms with Gasteiger partial charge >= 0.3 is 0 Å². The van der Waals surface area contributed by atoms with Gasteiger partial charge in [-0.15, -0.1) is 11.3 Å². The fourth-order valence-electron chi connectivity index (χ4n) is 2.05. The smallest absolute Gasteiger partial charge is 0.186 e. The summed E-state index contributed by atoms with van der Waals surface area (Å²) >= 11 is 7.14. The predicted octanol–water partition coefficient (Wildman–Crippen LogP) is 3.07. The molecule has 0 unspecified atom stereocenters. The van der Waals surface area contributed by atoms with Crippen LogP contribution in [0.4, 0.5) is 0 Å². The average Bonchev–Trinajstić information content (AvgIpc) is 2.77. The summed E-state index contributed by atoms with van der Waals surface area (Å²) in [6, 6.07) is 3.85.